The maximum atomic E-state index is 10.3. The maximum Gasteiger partial charge on any atom is 0.211 e. The normalized spacial score (nSPS) is 12.3. The zero-order valence-corrected chi connectivity index (χ0v) is 7.70. The molecule has 0 bridgehead atoms. The Labute approximate surface area is 79.3 Å². The molecule has 0 aliphatic rings. The summed E-state index contributed by atoms with van der Waals surface area (Å²) in [5.74, 6) is -0.257. The number of nitro groups is 1. The lowest BCUT2D eigenvalue weighted by molar-refractivity contribution is -0.483. The molecule has 4 nitrogen and oxygen atoms in total. The molecule has 0 radical (unpaired) electrons. The molecule has 0 fully saturated rings. The molecule has 0 saturated heterocycles. The van der Waals surface area contributed by atoms with Gasteiger partial charge in [0, 0.05) is 16.2 Å². The predicted octanol–water partition coefficient (Wildman–Crippen LogP) is 1.70. The number of carbonyl (C=O) groups is 1. The monoisotopic (exact) mass is 199 g/mol. The Morgan fingerprint density at radius 1 is 1.69 bits per heavy atom. The van der Waals surface area contributed by atoms with Gasteiger partial charge in [-0.15, -0.1) is 11.3 Å². The van der Waals surface area contributed by atoms with E-state index in [1.54, 1.807) is 0 Å². The zero-order valence-electron chi connectivity index (χ0n) is 6.88. The van der Waals surface area contributed by atoms with Crippen LogP contribution < -0.4 is 0 Å². The van der Waals surface area contributed by atoms with Gasteiger partial charge in [0.05, 0.1) is 5.92 Å². The summed E-state index contributed by atoms with van der Waals surface area (Å²) in [7, 11) is 0. The summed E-state index contributed by atoms with van der Waals surface area (Å²) in [4.78, 5) is 21.1. The molecule has 0 aliphatic carbocycles. The van der Waals surface area contributed by atoms with Crippen molar-refractivity contribution in [2.24, 2.45) is 0 Å². The fourth-order valence-corrected chi connectivity index (χ4v) is 1.93. The topological polar surface area (TPSA) is 60.2 Å². The Morgan fingerprint density at radius 2 is 2.46 bits per heavy atom. The van der Waals surface area contributed by atoms with Crippen LogP contribution in [0.3, 0.4) is 0 Å². The molecule has 0 amide bonds. The van der Waals surface area contributed by atoms with Crippen molar-refractivity contribution in [2.75, 3.05) is 6.54 Å². The predicted molar refractivity (Wildman–Crippen MR) is 49.6 cm³/mol. The van der Waals surface area contributed by atoms with Crippen molar-refractivity contribution in [2.45, 2.75) is 12.3 Å². The molecule has 1 aromatic rings. The van der Waals surface area contributed by atoms with E-state index in [0.29, 0.717) is 0 Å². The number of hydrogen-bond donors (Lipinski definition) is 0. The van der Waals surface area contributed by atoms with E-state index in [4.69, 9.17) is 0 Å². The Bertz CT molecular complexity index is 284. The minimum Gasteiger partial charge on any atom is -0.303 e. The molecule has 0 saturated carbocycles. The number of hydrogen-bond acceptors (Lipinski definition) is 4. The molecule has 1 aromatic heterocycles. The van der Waals surface area contributed by atoms with Crippen LogP contribution in [0.4, 0.5) is 0 Å². The van der Waals surface area contributed by atoms with Crippen molar-refractivity contribution >= 4 is 17.6 Å². The number of thiophene rings is 1. The highest BCUT2D eigenvalue weighted by Crippen LogP contribution is 2.23. The Morgan fingerprint density at radius 3 is 2.92 bits per heavy atom. The largest absolute Gasteiger partial charge is 0.303 e. The van der Waals surface area contributed by atoms with E-state index >= 15 is 0 Å². The first-order chi connectivity index (χ1) is 6.24. The van der Waals surface area contributed by atoms with Crippen LogP contribution in [-0.4, -0.2) is 17.8 Å². The van der Waals surface area contributed by atoms with Crippen LogP contribution in [0.1, 0.15) is 17.2 Å². The van der Waals surface area contributed by atoms with Crippen LogP contribution in [0.15, 0.2) is 17.5 Å². The maximum absolute atomic E-state index is 10.3. The molecule has 1 heterocycles. The van der Waals surface area contributed by atoms with Crippen LogP contribution in [0, 0.1) is 10.1 Å². The van der Waals surface area contributed by atoms with Gasteiger partial charge in [-0.3, -0.25) is 10.1 Å². The lowest BCUT2D eigenvalue weighted by Crippen LogP contribution is -2.11. The van der Waals surface area contributed by atoms with Gasteiger partial charge < -0.3 is 4.79 Å². The molecule has 0 spiro atoms. The molecule has 0 aliphatic heterocycles. The summed E-state index contributed by atoms with van der Waals surface area (Å²) >= 11 is 1.45. The minimum absolute atomic E-state index is 0.167. The van der Waals surface area contributed by atoms with Crippen LogP contribution in [0.5, 0.6) is 0 Å². The number of rotatable bonds is 5. The number of aldehydes is 1. The van der Waals surface area contributed by atoms with E-state index in [-0.39, 0.29) is 23.8 Å². The molecular weight excluding hydrogens is 190 g/mol. The van der Waals surface area contributed by atoms with Gasteiger partial charge in [0.15, 0.2) is 0 Å². The van der Waals surface area contributed by atoms with Crippen LogP contribution in [0.25, 0.3) is 0 Å². The van der Waals surface area contributed by atoms with E-state index in [0.717, 1.165) is 11.2 Å². The standard InChI is InChI=1S/C8H9NO3S/c10-4-3-7(6-9(11)12)8-2-1-5-13-8/h1-2,4-5,7H,3,6H2. The van der Waals surface area contributed by atoms with Crippen molar-refractivity contribution in [1.29, 1.82) is 0 Å². The van der Waals surface area contributed by atoms with Crippen LogP contribution in [-0.2, 0) is 4.79 Å². The van der Waals surface area contributed by atoms with Gasteiger partial charge in [0.25, 0.3) is 0 Å². The molecule has 1 rings (SSSR count). The summed E-state index contributed by atoms with van der Waals surface area (Å²) in [6, 6.07) is 3.65. The first-order valence-corrected chi connectivity index (χ1v) is 4.71. The smallest absolute Gasteiger partial charge is 0.211 e. The average molecular weight is 199 g/mol. The molecule has 1 atom stereocenters. The van der Waals surface area contributed by atoms with Gasteiger partial charge in [-0.2, -0.15) is 0 Å². The third-order valence-electron chi connectivity index (χ3n) is 1.70. The molecule has 0 aromatic carbocycles. The Balaban J connectivity index is 2.67. The van der Waals surface area contributed by atoms with Crippen molar-refractivity contribution in [3.05, 3.63) is 32.5 Å². The third-order valence-corrected chi connectivity index (χ3v) is 2.73. The second kappa shape index (κ2) is 4.71. The SMILES string of the molecule is O=CCC(C[N+](=O)[O-])c1cccs1. The van der Waals surface area contributed by atoms with E-state index < -0.39 is 0 Å². The van der Waals surface area contributed by atoms with Crippen molar-refractivity contribution in [3.8, 4) is 0 Å². The summed E-state index contributed by atoms with van der Waals surface area (Å²) in [6.07, 6.45) is 0.954. The van der Waals surface area contributed by atoms with Crippen molar-refractivity contribution in [1.82, 2.24) is 0 Å². The fraction of sp³-hybridized carbons (Fsp3) is 0.375. The highest BCUT2D eigenvalue weighted by Gasteiger charge is 2.17. The highest BCUT2D eigenvalue weighted by molar-refractivity contribution is 7.10. The number of nitrogens with zero attached hydrogens (tertiary/aromatic N) is 1. The van der Waals surface area contributed by atoms with E-state index in [1.807, 2.05) is 17.5 Å². The van der Waals surface area contributed by atoms with Gasteiger partial charge >= 0.3 is 0 Å². The first-order valence-electron chi connectivity index (χ1n) is 3.83. The summed E-state index contributed by atoms with van der Waals surface area (Å²) in [5, 5.41) is 12.1. The molecule has 70 valence electrons. The van der Waals surface area contributed by atoms with Gasteiger partial charge in [-0.05, 0) is 11.4 Å². The lowest BCUT2D eigenvalue weighted by atomic mass is 10.1. The van der Waals surface area contributed by atoms with Gasteiger partial charge in [0.1, 0.15) is 6.29 Å². The average Bonchev–Trinajstić information content (AvgIpc) is 2.54. The highest BCUT2D eigenvalue weighted by atomic mass is 32.1. The van der Waals surface area contributed by atoms with E-state index in [9.17, 15) is 14.9 Å². The van der Waals surface area contributed by atoms with Gasteiger partial charge in [-0.1, -0.05) is 6.07 Å². The zero-order chi connectivity index (χ0) is 9.68. The van der Waals surface area contributed by atoms with Crippen molar-refractivity contribution < 1.29 is 9.72 Å². The van der Waals surface area contributed by atoms with Crippen LogP contribution >= 0.6 is 11.3 Å². The second-order valence-corrected chi connectivity index (χ2v) is 3.61. The lowest BCUT2D eigenvalue weighted by Gasteiger charge is -2.05. The fourth-order valence-electron chi connectivity index (χ4n) is 1.10. The molecule has 13 heavy (non-hydrogen) atoms. The van der Waals surface area contributed by atoms with Gasteiger partial charge in [0.2, 0.25) is 6.54 Å². The van der Waals surface area contributed by atoms with E-state index in [2.05, 4.69) is 0 Å². The molecule has 0 N–H and O–H groups in total. The minimum atomic E-state index is -0.381. The Hall–Kier alpha value is -1.23. The van der Waals surface area contributed by atoms with Crippen LogP contribution in [0.2, 0.25) is 0 Å². The Kier molecular flexibility index (Phi) is 3.57. The first kappa shape index (κ1) is 9.85. The summed E-state index contributed by atoms with van der Waals surface area (Å²) in [6.45, 7) is -0.167. The quantitative estimate of drug-likeness (QED) is 0.412. The molecule has 1 unspecified atom stereocenters. The number of carbonyl (C=O) groups excluding carboxylic acids is 1. The van der Waals surface area contributed by atoms with E-state index in [1.165, 1.54) is 11.3 Å². The third kappa shape index (κ3) is 2.95. The molecule has 5 heteroatoms. The summed E-state index contributed by atoms with van der Waals surface area (Å²) < 4.78 is 0. The second-order valence-electron chi connectivity index (χ2n) is 2.63. The summed E-state index contributed by atoms with van der Waals surface area (Å²) in [5.41, 5.74) is 0. The van der Waals surface area contributed by atoms with Gasteiger partial charge in [-0.25, -0.2) is 0 Å². The van der Waals surface area contributed by atoms with Crippen molar-refractivity contribution in [3.63, 3.8) is 0 Å². The molecular formula is C8H9NO3S.